The molecule has 0 radical (unpaired) electrons. The third kappa shape index (κ3) is 2.94. The molecule has 3 aromatic rings. The molecule has 3 aliphatic rings. The van der Waals surface area contributed by atoms with Gasteiger partial charge in [0.15, 0.2) is 11.5 Å². The molecule has 30 heavy (non-hydrogen) atoms. The van der Waals surface area contributed by atoms with Crippen LogP contribution in [0.1, 0.15) is 35.4 Å². The molecule has 0 amide bonds. The number of hydrogen-bond donors (Lipinski definition) is 0. The predicted octanol–water partition coefficient (Wildman–Crippen LogP) is 6.07. The number of hydrazone groups is 1. The van der Waals surface area contributed by atoms with E-state index in [1.165, 1.54) is 0 Å². The lowest BCUT2D eigenvalue weighted by molar-refractivity contribution is -0.0190. The van der Waals surface area contributed by atoms with E-state index in [-0.39, 0.29) is 19.1 Å². The van der Waals surface area contributed by atoms with Gasteiger partial charge in [-0.05, 0) is 48.5 Å². The quantitative estimate of drug-likeness (QED) is 0.443. The molecule has 0 bridgehead atoms. The first-order chi connectivity index (χ1) is 14.7. The van der Waals surface area contributed by atoms with Crippen LogP contribution in [0.2, 0.25) is 5.02 Å². The van der Waals surface area contributed by atoms with Crippen LogP contribution in [0.4, 0.5) is 0 Å². The number of hydrogen-bond acceptors (Lipinski definition) is 5. The number of ether oxygens (including phenoxy) is 3. The van der Waals surface area contributed by atoms with Gasteiger partial charge in [-0.2, -0.15) is 5.10 Å². The number of nitrogens with zero attached hydrogens (tertiary/aromatic N) is 2. The van der Waals surface area contributed by atoms with Crippen molar-refractivity contribution in [3.63, 3.8) is 0 Å². The van der Waals surface area contributed by atoms with Crippen LogP contribution >= 0.6 is 27.5 Å². The second kappa shape index (κ2) is 6.93. The predicted molar refractivity (Wildman–Crippen MR) is 117 cm³/mol. The molecule has 3 aliphatic heterocycles. The zero-order valence-electron chi connectivity index (χ0n) is 15.7. The normalized spacial score (nSPS) is 21.0. The van der Waals surface area contributed by atoms with E-state index in [0.29, 0.717) is 5.02 Å². The summed E-state index contributed by atoms with van der Waals surface area (Å²) < 4.78 is 18.4. The van der Waals surface area contributed by atoms with Gasteiger partial charge < -0.3 is 14.2 Å². The first-order valence-corrected chi connectivity index (χ1v) is 10.8. The SMILES string of the molecule is Clc1cccc([C@@H]2Oc3ccc(Br)cc3[C@@H]3CC(c4ccc5c(c4)OCO5)=NN32)c1. The van der Waals surface area contributed by atoms with Gasteiger partial charge in [-0.3, -0.25) is 0 Å². The Morgan fingerprint density at radius 1 is 0.967 bits per heavy atom. The Morgan fingerprint density at radius 3 is 2.73 bits per heavy atom. The Balaban J connectivity index is 1.44. The molecule has 0 aromatic heterocycles. The van der Waals surface area contributed by atoms with Crippen LogP contribution < -0.4 is 14.2 Å². The van der Waals surface area contributed by atoms with Gasteiger partial charge in [-0.15, -0.1) is 0 Å². The lowest BCUT2D eigenvalue weighted by atomic mass is 9.96. The summed E-state index contributed by atoms with van der Waals surface area (Å²) in [4.78, 5) is 0. The number of halogens is 2. The van der Waals surface area contributed by atoms with Crippen molar-refractivity contribution < 1.29 is 14.2 Å². The largest absolute Gasteiger partial charge is 0.464 e. The zero-order chi connectivity index (χ0) is 20.2. The van der Waals surface area contributed by atoms with E-state index < -0.39 is 0 Å². The first kappa shape index (κ1) is 18.1. The molecule has 0 spiro atoms. The molecule has 0 N–H and O–H groups in total. The van der Waals surface area contributed by atoms with Gasteiger partial charge in [0.05, 0.1) is 11.8 Å². The summed E-state index contributed by atoms with van der Waals surface area (Å²) in [5.74, 6) is 2.39. The van der Waals surface area contributed by atoms with Gasteiger partial charge >= 0.3 is 0 Å². The smallest absolute Gasteiger partial charge is 0.231 e. The van der Waals surface area contributed by atoms with Crippen LogP contribution in [-0.4, -0.2) is 17.5 Å². The maximum absolute atomic E-state index is 6.39. The molecule has 0 saturated carbocycles. The summed E-state index contributed by atoms with van der Waals surface area (Å²) in [5, 5.41) is 7.71. The molecule has 150 valence electrons. The number of fused-ring (bicyclic) bond motifs is 4. The summed E-state index contributed by atoms with van der Waals surface area (Å²) in [6, 6.07) is 19.9. The fraction of sp³-hybridized carbons (Fsp3) is 0.174. The minimum Gasteiger partial charge on any atom is -0.464 e. The van der Waals surface area contributed by atoms with E-state index >= 15 is 0 Å². The summed E-state index contributed by atoms with van der Waals surface area (Å²) >= 11 is 9.86. The van der Waals surface area contributed by atoms with Crippen molar-refractivity contribution in [1.29, 1.82) is 0 Å². The topological polar surface area (TPSA) is 43.3 Å². The van der Waals surface area contributed by atoms with Crippen LogP contribution in [0.15, 0.2) is 70.2 Å². The van der Waals surface area contributed by atoms with Crippen molar-refractivity contribution in [3.05, 3.63) is 86.8 Å². The third-order valence-corrected chi connectivity index (χ3v) is 6.32. The maximum atomic E-state index is 6.39. The van der Waals surface area contributed by atoms with Crippen molar-refractivity contribution in [2.45, 2.75) is 18.7 Å². The number of benzene rings is 3. The Bertz CT molecular complexity index is 1200. The fourth-order valence-corrected chi connectivity index (χ4v) is 4.77. The van der Waals surface area contributed by atoms with E-state index in [1.54, 1.807) is 0 Å². The molecular formula is C23H16BrClN2O3. The maximum Gasteiger partial charge on any atom is 0.231 e. The van der Waals surface area contributed by atoms with Gasteiger partial charge in [0.1, 0.15) is 5.75 Å². The molecule has 5 nitrogen and oxygen atoms in total. The second-order valence-electron chi connectivity index (χ2n) is 7.42. The molecule has 0 unspecified atom stereocenters. The monoisotopic (exact) mass is 482 g/mol. The van der Waals surface area contributed by atoms with E-state index in [1.807, 2.05) is 59.6 Å². The van der Waals surface area contributed by atoms with Crippen molar-refractivity contribution in [3.8, 4) is 17.2 Å². The highest BCUT2D eigenvalue weighted by Gasteiger charge is 2.41. The molecule has 0 aliphatic carbocycles. The fourth-order valence-electron chi connectivity index (χ4n) is 4.19. The minimum atomic E-state index is -0.353. The van der Waals surface area contributed by atoms with Crippen molar-refractivity contribution in [2.75, 3.05) is 6.79 Å². The molecule has 3 heterocycles. The second-order valence-corrected chi connectivity index (χ2v) is 8.77. The molecule has 0 saturated heterocycles. The first-order valence-electron chi connectivity index (χ1n) is 9.63. The molecule has 0 fully saturated rings. The molecule has 6 rings (SSSR count). The Morgan fingerprint density at radius 2 is 1.83 bits per heavy atom. The van der Waals surface area contributed by atoms with Crippen molar-refractivity contribution in [2.24, 2.45) is 5.10 Å². The van der Waals surface area contributed by atoms with Gasteiger partial charge in [0, 0.05) is 32.6 Å². The zero-order valence-corrected chi connectivity index (χ0v) is 18.1. The average Bonchev–Trinajstić information content (AvgIpc) is 3.40. The van der Waals surface area contributed by atoms with E-state index in [9.17, 15) is 0 Å². The van der Waals surface area contributed by atoms with Gasteiger partial charge in [0.25, 0.3) is 0 Å². The van der Waals surface area contributed by atoms with Crippen LogP contribution in [0.3, 0.4) is 0 Å². The van der Waals surface area contributed by atoms with Crippen LogP contribution in [0, 0.1) is 0 Å². The summed E-state index contributed by atoms with van der Waals surface area (Å²) in [6.45, 7) is 0.256. The summed E-state index contributed by atoms with van der Waals surface area (Å²) in [7, 11) is 0. The minimum absolute atomic E-state index is 0.0654. The van der Waals surface area contributed by atoms with Gasteiger partial charge in [-0.1, -0.05) is 39.7 Å². The summed E-state index contributed by atoms with van der Waals surface area (Å²) in [5.41, 5.74) is 4.09. The third-order valence-electron chi connectivity index (χ3n) is 5.59. The van der Waals surface area contributed by atoms with Gasteiger partial charge in [-0.25, -0.2) is 5.01 Å². The molecule has 7 heteroatoms. The van der Waals surface area contributed by atoms with Crippen molar-refractivity contribution >= 4 is 33.2 Å². The van der Waals surface area contributed by atoms with E-state index in [0.717, 1.165) is 50.5 Å². The highest BCUT2D eigenvalue weighted by molar-refractivity contribution is 9.10. The Labute approximate surface area is 186 Å². The summed E-state index contributed by atoms with van der Waals surface area (Å²) in [6.07, 6.45) is 0.415. The van der Waals surface area contributed by atoms with E-state index in [2.05, 4.69) is 22.0 Å². The lowest BCUT2D eigenvalue weighted by Gasteiger charge is -2.38. The van der Waals surface area contributed by atoms with Gasteiger partial charge in [0.2, 0.25) is 13.0 Å². The van der Waals surface area contributed by atoms with Crippen molar-refractivity contribution in [1.82, 2.24) is 5.01 Å². The van der Waals surface area contributed by atoms with E-state index in [4.69, 9.17) is 30.9 Å². The lowest BCUT2D eigenvalue weighted by Crippen LogP contribution is -2.33. The van der Waals surface area contributed by atoms with Crippen LogP contribution in [0.25, 0.3) is 0 Å². The Hall–Kier alpha value is -2.70. The average molecular weight is 484 g/mol. The highest BCUT2D eigenvalue weighted by atomic mass is 79.9. The highest BCUT2D eigenvalue weighted by Crippen LogP contribution is 2.48. The number of rotatable bonds is 2. The standard InChI is InChI=1S/C23H16BrClN2O3/c24-15-5-7-20-17(10-15)19-11-18(13-4-6-21-22(9-13)29-12-28-21)26-27(19)23(30-20)14-2-1-3-16(25)8-14/h1-10,19,23H,11-12H2/t19-,23-/m0/s1. The van der Waals surface area contributed by atoms with Crippen LogP contribution in [-0.2, 0) is 0 Å². The molecular weight excluding hydrogens is 468 g/mol. The van der Waals surface area contributed by atoms with Crippen LogP contribution in [0.5, 0.6) is 17.2 Å². The molecule has 3 aromatic carbocycles. The molecule has 2 atom stereocenters. The Kier molecular flexibility index (Phi) is 4.18.